The zero-order chi connectivity index (χ0) is 13.0. The van der Waals surface area contributed by atoms with Crippen LogP contribution in [-0.2, 0) is 0 Å². The summed E-state index contributed by atoms with van der Waals surface area (Å²) in [5.74, 6) is -0.0421. The predicted molar refractivity (Wildman–Crippen MR) is 74.9 cm³/mol. The Labute approximate surface area is 111 Å². The van der Waals surface area contributed by atoms with Gasteiger partial charge in [-0.2, -0.15) is 0 Å². The molecule has 0 fully saturated rings. The number of carbonyl (C=O) groups is 1. The highest BCUT2D eigenvalue weighted by Gasteiger charge is 2.10. The SMILES string of the molecule is CCCNC(=O)c1ccc(-c2cccs2)nc1C. The fourth-order valence-corrected chi connectivity index (χ4v) is 2.39. The first-order chi connectivity index (χ1) is 8.72. The Morgan fingerprint density at radius 3 is 2.83 bits per heavy atom. The van der Waals surface area contributed by atoms with Gasteiger partial charge >= 0.3 is 0 Å². The lowest BCUT2D eigenvalue weighted by molar-refractivity contribution is 0.0952. The van der Waals surface area contributed by atoms with Crippen LogP contribution in [0.5, 0.6) is 0 Å². The van der Waals surface area contributed by atoms with E-state index < -0.39 is 0 Å². The Balaban J connectivity index is 2.23. The molecule has 1 amide bonds. The van der Waals surface area contributed by atoms with E-state index in [2.05, 4.69) is 10.3 Å². The van der Waals surface area contributed by atoms with Crippen LogP contribution in [0.15, 0.2) is 29.6 Å². The second-order valence-corrected chi connectivity index (χ2v) is 5.01. The number of carbonyl (C=O) groups excluding carboxylic acids is 1. The minimum atomic E-state index is -0.0421. The van der Waals surface area contributed by atoms with Crippen molar-refractivity contribution in [2.45, 2.75) is 20.3 Å². The van der Waals surface area contributed by atoms with Gasteiger partial charge in [-0.25, -0.2) is 0 Å². The monoisotopic (exact) mass is 260 g/mol. The number of hydrogen-bond donors (Lipinski definition) is 1. The number of aryl methyl sites for hydroxylation is 1. The van der Waals surface area contributed by atoms with Crippen LogP contribution >= 0.6 is 11.3 Å². The van der Waals surface area contributed by atoms with Crippen molar-refractivity contribution in [1.29, 1.82) is 0 Å². The van der Waals surface area contributed by atoms with E-state index in [1.807, 2.05) is 43.5 Å². The van der Waals surface area contributed by atoms with Gasteiger partial charge in [0.05, 0.1) is 21.8 Å². The summed E-state index contributed by atoms with van der Waals surface area (Å²) < 4.78 is 0. The zero-order valence-corrected chi connectivity index (χ0v) is 11.4. The van der Waals surface area contributed by atoms with Crippen LogP contribution in [0.3, 0.4) is 0 Å². The third kappa shape index (κ3) is 2.76. The molecule has 0 saturated carbocycles. The maximum absolute atomic E-state index is 11.9. The van der Waals surface area contributed by atoms with Gasteiger partial charge in [-0.15, -0.1) is 11.3 Å². The van der Waals surface area contributed by atoms with Gasteiger partial charge in [0.25, 0.3) is 5.91 Å². The number of aromatic nitrogens is 1. The first kappa shape index (κ1) is 12.8. The van der Waals surface area contributed by atoms with Gasteiger partial charge in [0.1, 0.15) is 0 Å². The zero-order valence-electron chi connectivity index (χ0n) is 10.6. The van der Waals surface area contributed by atoms with Gasteiger partial charge < -0.3 is 5.32 Å². The van der Waals surface area contributed by atoms with Crippen LogP contribution in [0.4, 0.5) is 0 Å². The largest absolute Gasteiger partial charge is 0.352 e. The van der Waals surface area contributed by atoms with Crippen LogP contribution in [0.1, 0.15) is 29.4 Å². The molecule has 0 aliphatic carbocycles. The number of thiophene rings is 1. The molecule has 2 rings (SSSR count). The molecular weight excluding hydrogens is 244 g/mol. The van der Waals surface area contributed by atoms with Crippen molar-refractivity contribution in [3.05, 3.63) is 40.9 Å². The number of nitrogens with zero attached hydrogens (tertiary/aromatic N) is 1. The van der Waals surface area contributed by atoms with E-state index in [0.29, 0.717) is 12.1 Å². The highest BCUT2D eigenvalue weighted by Crippen LogP contribution is 2.23. The number of nitrogens with one attached hydrogen (secondary N) is 1. The Bertz CT molecular complexity index is 535. The minimum absolute atomic E-state index is 0.0421. The molecule has 4 heteroatoms. The van der Waals surface area contributed by atoms with Crippen molar-refractivity contribution < 1.29 is 4.79 Å². The van der Waals surface area contributed by atoms with Crippen LogP contribution in [-0.4, -0.2) is 17.4 Å². The normalized spacial score (nSPS) is 10.3. The number of pyridine rings is 1. The molecule has 0 aliphatic rings. The molecule has 0 unspecified atom stereocenters. The Kier molecular flexibility index (Phi) is 4.10. The van der Waals surface area contributed by atoms with E-state index in [1.165, 1.54) is 0 Å². The highest BCUT2D eigenvalue weighted by atomic mass is 32.1. The van der Waals surface area contributed by atoms with Crippen LogP contribution in [0.25, 0.3) is 10.6 Å². The number of rotatable bonds is 4. The molecule has 0 aromatic carbocycles. The lowest BCUT2D eigenvalue weighted by Gasteiger charge is -2.07. The molecule has 0 atom stereocenters. The number of amides is 1. The van der Waals surface area contributed by atoms with Crippen molar-refractivity contribution in [1.82, 2.24) is 10.3 Å². The molecule has 18 heavy (non-hydrogen) atoms. The second-order valence-electron chi connectivity index (χ2n) is 4.06. The first-order valence-corrected chi connectivity index (χ1v) is 6.90. The Hall–Kier alpha value is -1.68. The van der Waals surface area contributed by atoms with Crippen LogP contribution in [0.2, 0.25) is 0 Å². The van der Waals surface area contributed by atoms with E-state index in [4.69, 9.17) is 0 Å². The fraction of sp³-hybridized carbons (Fsp3) is 0.286. The molecule has 0 saturated heterocycles. The van der Waals surface area contributed by atoms with Gasteiger partial charge in [0, 0.05) is 6.54 Å². The fourth-order valence-electron chi connectivity index (χ4n) is 1.70. The quantitative estimate of drug-likeness (QED) is 0.916. The third-order valence-electron chi connectivity index (χ3n) is 2.64. The van der Waals surface area contributed by atoms with Gasteiger partial charge in [-0.3, -0.25) is 9.78 Å². The van der Waals surface area contributed by atoms with E-state index >= 15 is 0 Å². The minimum Gasteiger partial charge on any atom is -0.352 e. The highest BCUT2D eigenvalue weighted by molar-refractivity contribution is 7.13. The molecule has 94 valence electrons. The lowest BCUT2D eigenvalue weighted by Crippen LogP contribution is -2.25. The van der Waals surface area contributed by atoms with E-state index in [0.717, 1.165) is 22.7 Å². The molecule has 2 aromatic heterocycles. The third-order valence-corrected chi connectivity index (χ3v) is 3.53. The summed E-state index contributed by atoms with van der Waals surface area (Å²) in [5, 5.41) is 4.89. The lowest BCUT2D eigenvalue weighted by atomic mass is 10.1. The molecule has 0 aliphatic heterocycles. The Morgan fingerprint density at radius 2 is 2.22 bits per heavy atom. The summed E-state index contributed by atoms with van der Waals surface area (Å²) in [6.45, 7) is 4.61. The van der Waals surface area contributed by atoms with Crippen LogP contribution < -0.4 is 5.32 Å². The molecule has 0 spiro atoms. The summed E-state index contributed by atoms with van der Waals surface area (Å²) in [6, 6.07) is 7.78. The summed E-state index contributed by atoms with van der Waals surface area (Å²) in [5.41, 5.74) is 2.35. The maximum atomic E-state index is 11.9. The van der Waals surface area contributed by atoms with E-state index in [9.17, 15) is 4.79 Å². The van der Waals surface area contributed by atoms with Crippen LogP contribution in [0, 0.1) is 6.92 Å². The average Bonchev–Trinajstić information content (AvgIpc) is 2.89. The van der Waals surface area contributed by atoms with E-state index in [1.54, 1.807) is 11.3 Å². The van der Waals surface area contributed by atoms with Crippen molar-refractivity contribution in [3.63, 3.8) is 0 Å². The Morgan fingerprint density at radius 1 is 1.39 bits per heavy atom. The summed E-state index contributed by atoms with van der Waals surface area (Å²) in [4.78, 5) is 17.5. The van der Waals surface area contributed by atoms with Crippen molar-refractivity contribution in [3.8, 4) is 10.6 Å². The molecule has 1 N–H and O–H groups in total. The average molecular weight is 260 g/mol. The predicted octanol–water partition coefficient (Wildman–Crippen LogP) is 3.26. The van der Waals surface area contributed by atoms with Crippen molar-refractivity contribution >= 4 is 17.2 Å². The van der Waals surface area contributed by atoms with Gasteiger partial charge in [-0.1, -0.05) is 13.0 Å². The maximum Gasteiger partial charge on any atom is 0.253 e. The second kappa shape index (κ2) is 5.78. The summed E-state index contributed by atoms with van der Waals surface area (Å²) in [7, 11) is 0. The van der Waals surface area contributed by atoms with Gasteiger partial charge in [-0.05, 0) is 36.9 Å². The molecule has 2 aromatic rings. The smallest absolute Gasteiger partial charge is 0.253 e. The summed E-state index contributed by atoms with van der Waals surface area (Å²) >= 11 is 1.65. The van der Waals surface area contributed by atoms with Gasteiger partial charge in [0.15, 0.2) is 0 Å². The first-order valence-electron chi connectivity index (χ1n) is 6.02. The van der Waals surface area contributed by atoms with E-state index in [-0.39, 0.29) is 5.91 Å². The van der Waals surface area contributed by atoms with Crippen molar-refractivity contribution in [2.75, 3.05) is 6.54 Å². The molecule has 0 bridgehead atoms. The molecular formula is C14H16N2OS. The molecule has 0 radical (unpaired) electrons. The topological polar surface area (TPSA) is 42.0 Å². The molecule has 3 nitrogen and oxygen atoms in total. The standard InChI is InChI=1S/C14H16N2OS/c1-3-8-15-14(17)11-6-7-12(16-10(11)2)13-5-4-9-18-13/h4-7,9H,3,8H2,1-2H3,(H,15,17). The molecule has 2 heterocycles. The van der Waals surface area contributed by atoms with Crippen molar-refractivity contribution in [2.24, 2.45) is 0 Å². The van der Waals surface area contributed by atoms with Gasteiger partial charge in [0.2, 0.25) is 0 Å². The summed E-state index contributed by atoms with van der Waals surface area (Å²) in [6.07, 6.45) is 0.936. The number of hydrogen-bond acceptors (Lipinski definition) is 3.